The fourth-order valence-corrected chi connectivity index (χ4v) is 4.32. The molecule has 16 heteroatoms. The SMILES string of the molecule is CC(=O)Nc1nc2c(c(=O)[nH]1)N(C)[C@H](CNc1ccc(C(=O)N[C@@H](CCC(=O)OC(C)(C)C)C(=O)OC(C)(C)C)c(F)n1)CN2. The van der Waals surface area contributed by atoms with Crippen LogP contribution in [0.1, 0.15) is 71.7 Å². The molecule has 2 amide bonds. The Morgan fingerprint density at radius 1 is 1.09 bits per heavy atom. The topological polar surface area (TPSA) is 197 Å². The van der Waals surface area contributed by atoms with Gasteiger partial charge in [-0.2, -0.15) is 9.37 Å². The molecule has 0 aromatic carbocycles. The van der Waals surface area contributed by atoms with Crippen molar-refractivity contribution in [1.29, 1.82) is 0 Å². The number of H-pyrrole nitrogens is 1. The number of pyridine rings is 1. The zero-order valence-electron chi connectivity index (χ0n) is 26.7. The van der Waals surface area contributed by atoms with Gasteiger partial charge in [0.1, 0.15) is 28.7 Å². The average molecular weight is 633 g/mol. The van der Waals surface area contributed by atoms with Crippen LogP contribution in [0.5, 0.6) is 0 Å². The van der Waals surface area contributed by atoms with Crippen molar-refractivity contribution >= 4 is 47.0 Å². The van der Waals surface area contributed by atoms with E-state index in [1.54, 1.807) is 53.5 Å². The molecule has 0 saturated carbocycles. The Bertz CT molecular complexity index is 1500. The Balaban J connectivity index is 1.67. The van der Waals surface area contributed by atoms with Gasteiger partial charge in [-0.3, -0.25) is 29.5 Å². The van der Waals surface area contributed by atoms with Gasteiger partial charge < -0.3 is 30.3 Å². The number of hydrogen-bond acceptors (Lipinski definition) is 12. The highest BCUT2D eigenvalue weighted by molar-refractivity contribution is 5.97. The fraction of sp³-hybridized carbons (Fsp3) is 0.552. The van der Waals surface area contributed by atoms with Gasteiger partial charge in [-0.05, 0) is 60.1 Å². The largest absolute Gasteiger partial charge is 0.460 e. The van der Waals surface area contributed by atoms with E-state index >= 15 is 4.39 Å². The van der Waals surface area contributed by atoms with Crippen LogP contribution >= 0.6 is 0 Å². The first-order chi connectivity index (χ1) is 20.8. The van der Waals surface area contributed by atoms with Crippen LogP contribution in [0.4, 0.5) is 27.7 Å². The average Bonchev–Trinajstić information content (AvgIpc) is 2.88. The van der Waals surface area contributed by atoms with E-state index in [1.807, 2.05) is 0 Å². The van der Waals surface area contributed by atoms with E-state index in [1.165, 1.54) is 19.1 Å². The first-order valence-electron chi connectivity index (χ1n) is 14.4. The number of fused-ring (bicyclic) bond motifs is 1. The van der Waals surface area contributed by atoms with Crippen LogP contribution in [-0.4, -0.2) is 82.1 Å². The molecular weight excluding hydrogens is 591 g/mol. The summed E-state index contributed by atoms with van der Waals surface area (Å²) < 4.78 is 25.7. The van der Waals surface area contributed by atoms with Gasteiger partial charge in [0.25, 0.3) is 11.5 Å². The summed E-state index contributed by atoms with van der Waals surface area (Å²) in [5.74, 6) is -3.27. The van der Waals surface area contributed by atoms with Gasteiger partial charge in [0, 0.05) is 33.5 Å². The van der Waals surface area contributed by atoms with Crippen molar-refractivity contribution in [3.05, 3.63) is 34.0 Å². The number of anilines is 4. The lowest BCUT2D eigenvalue weighted by atomic mass is 10.1. The van der Waals surface area contributed by atoms with Crippen molar-refractivity contribution in [3.63, 3.8) is 0 Å². The number of halogens is 1. The van der Waals surface area contributed by atoms with E-state index in [4.69, 9.17) is 9.47 Å². The number of carbonyl (C=O) groups is 4. The molecule has 246 valence electrons. The Morgan fingerprint density at radius 3 is 2.36 bits per heavy atom. The lowest BCUT2D eigenvalue weighted by Crippen LogP contribution is -2.48. The summed E-state index contributed by atoms with van der Waals surface area (Å²) in [4.78, 5) is 74.3. The molecule has 0 unspecified atom stereocenters. The van der Waals surface area contributed by atoms with Gasteiger partial charge >= 0.3 is 11.9 Å². The number of amides is 2. The normalized spacial score (nSPS) is 15.2. The van der Waals surface area contributed by atoms with E-state index in [-0.39, 0.29) is 48.8 Å². The van der Waals surface area contributed by atoms with Gasteiger partial charge in [-0.25, -0.2) is 9.78 Å². The third-order valence-corrected chi connectivity index (χ3v) is 6.26. The summed E-state index contributed by atoms with van der Waals surface area (Å²) >= 11 is 0. The molecule has 1 aliphatic rings. The summed E-state index contributed by atoms with van der Waals surface area (Å²) in [5.41, 5.74) is -2.20. The minimum atomic E-state index is -1.24. The molecule has 3 heterocycles. The molecular formula is C29H41FN8O7. The Kier molecular flexibility index (Phi) is 10.7. The Morgan fingerprint density at radius 2 is 1.76 bits per heavy atom. The molecule has 2 atom stereocenters. The van der Waals surface area contributed by atoms with Crippen LogP contribution < -0.4 is 31.7 Å². The van der Waals surface area contributed by atoms with Gasteiger partial charge in [-0.1, -0.05) is 0 Å². The maximum atomic E-state index is 15.0. The monoisotopic (exact) mass is 632 g/mol. The number of ether oxygens (including phenoxy) is 2. The maximum Gasteiger partial charge on any atom is 0.329 e. The lowest BCUT2D eigenvalue weighted by molar-refractivity contribution is -0.158. The van der Waals surface area contributed by atoms with Crippen LogP contribution in [0.25, 0.3) is 0 Å². The number of carbonyl (C=O) groups excluding carboxylic acids is 4. The molecule has 0 saturated heterocycles. The summed E-state index contributed by atoms with van der Waals surface area (Å²) in [6.45, 7) is 12.0. The van der Waals surface area contributed by atoms with Crippen molar-refractivity contribution in [3.8, 4) is 0 Å². The molecule has 45 heavy (non-hydrogen) atoms. The third kappa shape index (κ3) is 10.1. The smallest absolute Gasteiger partial charge is 0.329 e. The molecule has 5 N–H and O–H groups in total. The summed E-state index contributed by atoms with van der Waals surface area (Å²) in [7, 11) is 1.70. The highest BCUT2D eigenvalue weighted by atomic mass is 19.1. The quantitative estimate of drug-likeness (QED) is 0.189. The van der Waals surface area contributed by atoms with Crippen molar-refractivity contribution in [2.75, 3.05) is 41.0 Å². The summed E-state index contributed by atoms with van der Waals surface area (Å²) in [6, 6.07) is 1.10. The molecule has 0 bridgehead atoms. The zero-order chi connectivity index (χ0) is 33.7. The molecule has 15 nitrogen and oxygen atoms in total. The molecule has 1 aliphatic heterocycles. The number of nitrogens with zero attached hydrogens (tertiary/aromatic N) is 3. The van der Waals surface area contributed by atoms with Crippen LogP contribution in [-0.2, 0) is 23.9 Å². The van der Waals surface area contributed by atoms with Gasteiger partial charge in [0.2, 0.25) is 17.8 Å². The molecule has 2 aromatic rings. The van der Waals surface area contributed by atoms with E-state index in [2.05, 4.69) is 36.2 Å². The molecule has 0 fully saturated rings. The van der Waals surface area contributed by atoms with E-state index in [0.717, 1.165) is 0 Å². The highest BCUT2D eigenvalue weighted by Crippen LogP contribution is 2.25. The van der Waals surface area contributed by atoms with E-state index in [9.17, 15) is 24.0 Å². The van der Waals surface area contributed by atoms with Crippen LogP contribution in [0, 0.1) is 5.95 Å². The molecule has 2 aromatic heterocycles. The number of hydrogen-bond donors (Lipinski definition) is 5. The Hall–Kier alpha value is -4.76. The molecule has 3 rings (SSSR count). The van der Waals surface area contributed by atoms with E-state index < -0.39 is 52.2 Å². The van der Waals surface area contributed by atoms with Crippen molar-refractivity contribution in [1.82, 2.24) is 20.3 Å². The van der Waals surface area contributed by atoms with Gasteiger partial charge in [-0.15, -0.1) is 0 Å². The zero-order valence-corrected chi connectivity index (χ0v) is 26.7. The summed E-state index contributed by atoms with van der Waals surface area (Å²) in [6.07, 6.45) is -0.304. The second-order valence-electron chi connectivity index (χ2n) is 12.5. The molecule has 0 aliphatic carbocycles. The first kappa shape index (κ1) is 34.7. The van der Waals surface area contributed by atoms with E-state index in [0.29, 0.717) is 12.4 Å². The second kappa shape index (κ2) is 13.9. The number of likely N-dealkylation sites (N-methyl/N-ethyl adjacent to an activating group) is 1. The standard InChI is InChI=1S/C29H41FN8O7/c1-15(39)33-27-36-23-21(25(42)37-27)38(8)16(14-32-23)13-31-19-11-9-17(22(30)35-19)24(41)34-18(26(43)45-29(5,6)7)10-12-20(40)44-28(2,3)4/h9,11,16,18H,10,12-14H2,1-8H3,(H,31,35)(H,34,41)(H3,32,33,36,37,39,42)/t16-,18+/m1/s1. The Labute approximate surface area is 260 Å². The molecule has 0 spiro atoms. The number of nitrogens with one attached hydrogen (secondary N) is 5. The lowest BCUT2D eigenvalue weighted by Gasteiger charge is -2.35. The molecule has 0 radical (unpaired) electrons. The predicted octanol–water partition coefficient (Wildman–Crippen LogP) is 2.17. The fourth-order valence-electron chi connectivity index (χ4n) is 4.32. The number of aromatic amines is 1. The van der Waals surface area contributed by atoms with Gasteiger partial charge in [0.15, 0.2) is 5.82 Å². The number of aromatic nitrogens is 3. The van der Waals surface area contributed by atoms with Crippen molar-refractivity contribution in [2.45, 2.75) is 84.6 Å². The second-order valence-corrected chi connectivity index (χ2v) is 12.5. The first-order valence-corrected chi connectivity index (χ1v) is 14.4. The maximum absolute atomic E-state index is 15.0. The van der Waals surface area contributed by atoms with Crippen LogP contribution in [0.2, 0.25) is 0 Å². The van der Waals surface area contributed by atoms with Crippen LogP contribution in [0.15, 0.2) is 16.9 Å². The minimum Gasteiger partial charge on any atom is -0.460 e. The van der Waals surface area contributed by atoms with Crippen molar-refractivity contribution in [2.24, 2.45) is 0 Å². The van der Waals surface area contributed by atoms with Crippen LogP contribution in [0.3, 0.4) is 0 Å². The predicted molar refractivity (Wildman–Crippen MR) is 165 cm³/mol. The summed E-state index contributed by atoms with van der Waals surface area (Å²) in [5, 5.41) is 10.9. The van der Waals surface area contributed by atoms with Crippen molar-refractivity contribution < 1.29 is 33.0 Å². The highest BCUT2D eigenvalue weighted by Gasteiger charge is 2.30. The third-order valence-electron chi connectivity index (χ3n) is 6.26. The number of rotatable bonds is 10. The van der Waals surface area contributed by atoms with Gasteiger partial charge in [0.05, 0.1) is 11.6 Å². The minimum absolute atomic E-state index is 0.0213. The number of esters is 2.